The lowest BCUT2D eigenvalue weighted by atomic mass is 9.98. The van der Waals surface area contributed by atoms with Gasteiger partial charge in [-0.2, -0.15) is 0 Å². The van der Waals surface area contributed by atoms with Crippen LogP contribution in [-0.2, 0) is 9.53 Å². The summed E-state index contributed by atoms with van der Waals surface area (Å²) in [6, 6.07) is 0. The zero-order chi connectivity index (χ0) is 14.1. The molecule has 0 unspecified atom stereocenters. The van der Waals surface area contributed by atoms with Gasteiger partial charge in [0.05, 0.1) is 6.61 Å². The van der Waals surface area contributed by atoms with Gasteiger partial charge in [-0.05, 0) is 0 Å². The normalized spacial score (nSPS) is 37.4. The van der Waals surface area contributed by atoms with E-state index in [4.69, 9.17) is 44.6 Å². The van der Waals surface area contributed by atoms with Gasteiger partial charge < -0.3 is 30.5 Å². The number of amides is 1. The van der Waals surface area contributed by atoms with E-state index in [1.165, 1.54) is 0 Å². The second kappa shape index (κ2) is 6.06. The van der Waals surface area contributed by atoms with Crippen LogP contribution in [0.5, 0.6) is 0 Å². The average Bonchev–Trinajstić information content (AvgIpc) is 2.28. The Hall–Kier alpha value is 0.140. The fourth-order valence-corrected chi connectivity index (χ4v) is 1.60. The van der Waals surface area contributed by atoms with Gasteiger partial charge in [-0.25, -0.2) is 0 Å². The van der Waals surface area contributed by atoms with Gasteiger partial charge in [0.1, 0.15) is 24.4 Å². The molecule has 5 N–H and O–H groups in total. The lowest BCUT2D eigenvalue weighted by Crippen LogP contribution is -2.64. The fraction of sp³-hybridized carbons (Fsp3) is 0.875. The summed E-state index contributed by atoms with van der Waals surface area (Å²) in [6.45, 7) is -0.620. The lowest BCUT2D eigenvalue weighted by molar-refractivity contribution is -0.235. The van der Waals surface area contributed by atoms with Crippen molar-refractivity contribution < 1.29 is 30.0 Å². The first-order valence-electron chi connectivity index (χ1n) is 4.86. The van der Waals surface area contributed by atoms with Crippen molar-refractivity contribution in [2.75, 3.05) is 6.61 Å². The third-order valence-electron chi connectivity index (χ3n) is 2.42. The van der Waals surface area contributed by atoms with Crippen molar-refractivity contribution in [3.05, 3.63) is 0 Å². The summed E-state index contributed by atoms with van der Waals surface area (Å²) in [7, 11) is 0. The molecule has 1 amide bonds. The molecule has 1 fully saturated rings. The topological polar surface area (TPSA) is 119 Å². The van der Waals surface area contributed by atoms with Crippen LogP contribution in [0.25, 0.3) is 0 Å². The van der Waals surface area contributed by atoms with Crippen LogP contribution in [0.4, 0.5) is 0 Å². The van der Waals surface area contributed by atoms with E-state index in [1.54, 1.807) is 0 Å². The van der Waals surface area contributed by atoms with Crippen molar-refractivity contribution in [3.8, 4) is 0 Å². The van der Waals surface area contributed by atoms with Gasteiger partial charge in [0.2, 0.25) is 0 Å². The summed E-state index contributed by atoms with van der Waals surface area (Å²) >= 11 is 15.9. The van der Waals surface area contributed by atoms with Gasteiger partial charge in [0.15, 0.2) is 6.23 Å². The number of hydrogen-bond donors (Lipinski definition) is 5. The molecule has 1 saturated heterocycles. The molecule has 7 nitrogen and oxygen atoms in total. The molecule has 106 valence electrons. The fourth-order valence-electron chi connectivity index (χ4n) is 1.43. The Morgan fingerprint density at radius 3 is 2.17 bits per heavy atom. The minimum Gasteiger partial charge on any atom is -0.394 e. The van der Waals surface area contributed by atoms with Crippen molar-refractivity contribution in [2.45, 2.75) is 34.4 Å². The molecule has 1 rings (SSSR count). The Balaban J connectivity index is 2.74. The molecular formula is C8H12Cl3NO6. The van der Waals surface area contributed by atoms with E-state index in [2.05, 4.69) is 0 Å². The Labute approximate surface area is 117 Å². The second-order valence-electron chi connectivity index (χ2n) is 3.72. The number of carbonyl (C=O) groups is 1. The van der Waals surface area contributed by atoms with Gasteiger partial charge in [0, 0.05) is 0 Å². The number of carbonyl (C=O) groups excluding carboxylic acids is 1. The Morgan fingerprint density at radius 2 is 1.72 bits per heavy atom. The van der Waals surface area contributed by atoms with E-state index >= 15 is 0 Å². The number of hydrogen-bond acceptors (Lipinski definition) is 6. The summed E-state index contributed by atoms with van der Waals surface area (Å²) < 4.78 is 2.71. The predicted octanol–water partition coefficient (Wildman–Crippen LogP) is -1.73. The SMILES string of the molecule is O=C(N[C@H]1O[C@H](CO)[C@H](O)[C@H](O)[C@H]1O)C(Cl)(Cl)Cl. The van der Waals surface area contributed by atoms with Gasteiger partial charge in [-0.1, -0.05) is 34.8 Å². The molecule has 5 atom stereocenters. The molecule has 1 aliphatic heterocycles. The van der Waals surface area contributed by atoms with Crippen LogP contribution in [0, 0.1) is 0 Å². The number of halogens is 3. The number of rotatable bonds is 2. The minimum absolute atomic E-state index is 0.620. The maximum Gasteiger partial charge on any atom is 0.274 e. The molecule has 10 heteroatoms. The maximum absolute atomic E-state index is 11.4. The molecule has 0 aromatic carbocycles. The maximum atomic E-state index is 11.4. The van der Waals surface area contributed by atoms with Crippen molar-refractivity contribution in [2.24, 2.45) is 0 Å². The standard InChI is InChI=1S/C8H12Cl3NO6/c9-8(10,11)7(17)12-6-5(16)4(15)3(14)2(1-13)18-6/h2-6,13-16H,1H2,(H,12,17)/t2-,3+,4+,5-,6+/m1/s1. The highest BCUT2D eigenvalue weighted by molar-refractivity contribution is 6.76. The Kier molecular flexibility index (Phi) is 5.45. The number of aliphatic hydroxyl groups excluding tert-OH is 4. The van der Waals surface area contributed by atoms with E-state index in [9.17, 15) is 20.1 Å². The smallest absolute Gasteiger partial charge is 0.274 e. The first-order chi connectivity index (χ1) is 8.18. The highest BCUT2D eigenvalue weighted by Gasteiger charge is 2.45. The van der Waals surface area contributed by atoms with E-state index < -0.39 is 47.0 Å². The largest absolute Gasteiger partial charge is 0.394 e. The quantitative estimate of drug-likeness (QED) is 0.385. The molecule has 0 aliphatic carbocycles. The second-order valence-corrected chi connectivity index (χ2v) is 6.00. The number of nitrogens with one attached hydrogen (secondary N) is 1. The number of aliphatic hydroxyl groups is 4. The van der Waals surface area contributed by atoms with Crippen LogP contribution < -0.4 is 5.32 Å². The Bertz CT molecular complexity index is 310. The van der Waals surface area contributed by atoms with Crippen molar-refractivity contribution in [3.63, 3.8) is 0 Å². The molecule has 1 heterocycles. The molecule has 18 heavy (non-hydrogen) atoms. The zero-order valence-electron chi connectivity index (χ0n) is 8.83. The minimum atomic E-state index is -2.27. The molecule has 0 radical (unpaired) electrons. The van der Waals surface area contributed by atoms with E-state index in [1.807, 2.05) is 5.32 Å². The van der Waals surface area contributed by atoms with E-state index in [0.29, 0.717) is 0 Å². The average molecular weight is 325 g/mol. The van der Waals surface area contributed by atoms with Crippen LogP contribution in [-0.4, -0.2) is 67.4 Å². The van der Waals surface area contributed by atoms with Gasteiger partial charge in [-0.3, -0.25) is 4.79 Å². The number of ether oxygens (including phenoxy) is 1. The molecule has 0 aromatic rings. The lowest BCUT2D eigenvalue weighted by Gasteiger charge is -2.40. The van der Waals surface area contributed by atoms with Gasteiger partial charge >= 0.3 is 0 Å². The zero-order valence-corrected chi connectivity index (χ0v) is 11.1. The molecule has 0 bridgehead atoms. The van der Waals surface area contributed by atoms with Gasteiger partial charge in [0.25, 0.3) is 9.70 Å². The highest BCUT2D eigenvalue weighted by atomic mass is 35.6. The van der Waals surface area contributed by atoms with Gasteiger partial charge in [-0.15, -0.1) is 0 Å². The first kappa shape index (κ1) is 16.2. The summed E-state index contributed by atoms with van der Waals surface area (Å²) in [5.74, 6) is -1.07. The van der Waals surface area contributed by atoms with Crippen LogP contribution in [0.15, 0.2) is 0 Å². The third-order valence-corrected chi connectivity index (χ3v) is 2.94. The monoisotopic (exact) mass is 323 g/mol. The van der Waals surface area contributed by atoms with Crippen molar-refractivity contribution in [1.82, 2.24) is 5.32 Å². The van der Waals surface area contributed by atoms with E-state index in [-0.39, 0.29) is 0 Å². The van der Waals surface area contributed by atoms with Crippen LogP contribution in [0.3, 0.4) is 0 Å². The van der Waals surface area contributed by atoms with Crippen molar-refractivity contribution >= 4 is 40.7 Å². The third kappa shape index (κ3) is 3.58. The summed E-state index contributed by atoms with van der Waals surface area (Å²) in [5.41, 5.74) is 0. The van der Waals surface area contributed by atoms with E-state index in [0.717, 1.165) is 0 Å². The summed E-state index contributed by atoms with van der Waals surface area (Å²) in [5, 5.41) is 39.4. The Morgan fingerprint density at radius 1 is 1.17 bits per heavy atom. The number of alkyl halides is 3. The first-order valence-corrected chi connectivity index (χ1v) is 6.00. The molecule has 0 aromatic heterocycles. The molecular weight excluding hydrogens is 312 g/mol. The van der Waals surface area contributed by atoms with Crippen molar-refractivity contribution in [1.29, 1.82) is 0 Å². The predicted molar refractivity (Wildman–Crippen MR) is 62.2 cm³/mol. The van der Waals surface area contributed by atoms with Crippen LogP contribution in [0.2, 0.25) is 0 Å². The summed E-state index contributed by atoms with van der Waals surface area (Å²) in [6.07, 6.45) is -7.32. The molecule has 1 aliphatic rings. The van der Waals surface area contributed by atoms with Crippen LogP contribution in [0.1, 0.15) is 0 Å². The molecule has 0 saturated carbocycles. The summed E-state index contributed by atoms with van der Waals surface area (Å²) in [4.78, 5) is 11.4. The highest BCUT2D eigenvalue weighted by Crippen LogP contribution is 2.27. The molecule has 0 spiro atoms. The van der Waals surface area contributed by atoms with Crippen LogP contribution >= 0.6 is 34.8 Å².